The first kappa shape index (κ1) is 19.1. The highest BCUT2D eigenvalue weighted by atomic mass is 16.5. The fraction of sp³-hybridized carbons (Fsp3) is 0.409. The molecular weight excluding hydrogens is 340 g/mol. The number of nitrogens with zero attached hydrogens (tertiary/aromatic N) is 2. The number of methoxy groups -OCH3 is 1. The summed E-state index contributed by atoms with van der Waals surface area (Å²) in [6.07, 6.45) is 1.26. The first-order chi connectivity index (χ1) is 13.2. The number of carbonyl (C=O) groups is 1. The van der Waals surface area contributed by atoms with Gasteiger partial charge in [0.15, 0.2) is 0 Å². The summed E-state index contributed by atoms with van der Waals surface area (Å²) in [7, 11) is 1.69. The van der Waals surface area contributed by atoms with Crippen LogP contribution in [0.3, 0.4) is 0 Å². The van der Waals surface area contributed by atoms with Crippen LogP contribution in [-0.2, 0) is 4.79 Å². The van der Waals surface area contributed by atoms with E-state index in [4.69, 9.17) is 9.47 Å². The average Bonchev–Trinajstić information content (AvgIpc) is 2.72. The smallest absolute Gasteiger partial charge is 0.222 e. The van der Waals surface area contributed by atoms with Crippen LogP contribution in [0.15, 0.2) is 48.5 Å². The molecule has 0 radical (unpaired) electrons. The van der Waals surface area contributed by atoms with Crippen LogP contribution < -0.4 is 14.4 Å². The average molecular weight is 368 g/mol. The molecular formula is C22H28N2O3. The summed E-state index contributed by atoms with van der Waals surface area (Å²) >= 11 is 0. The summed E-state index contributed by atoms with van der Waals surface area (Å²) in [5, 5.41) is 0. The summed E-state index contributed by atoms with van der Waals surface area (Å²) in [5.74, 6) is 1.95. The van der Waals surface area contributed by atoms with Gasteiger partial charge in [0, 0.05) is 32.6 Å². The Kier molecular flexibility index (Phi) is 6.58. The first-order valence-corrected chi connectivity index (χ1v) is 9.52. The van der Waals surface area contributed by atoms with E-state index in [9.17, 15) is 4.79 Å². The molecule has 5 heteroatoms. The zero-order valence-corrected chi connectivity index (χ0v) is 16.2. The number of aryl methyl sites for hydroxylation is 1. The highest BCUT2D eigenvalue weighted by Gasteiger charge is 2.22. The molecule has 2 aromatic rings. The number of carbonyl (C=O) groups excluding carboxylic acids is 1. The van der Waals surface area contributed by atoms with Crippen molar-refractivity contribution in [2.24, 2.45) is 0 Å². The lowest BCUT2D eigenvalue weighted by Gasteiger charge is -2.36. The Morgan fingerprint density at radius 3 is 2.41 bits per heavy atom. The van der Waals surface area contributed by atoms with Crippen molar-refractivity contribution in [2.45, 2.75) is 19.8 Å². The molecule has 0 aliphatic carbocycles. The van der Waals surface area contributed by atoms with Gasteiger partial charge in [-0.3, -0.25) is 4.79 Å². The van der Waals surface area contributed by atoms with Crippen molar-refractivity contribution in [2.75, 3.05) is 44.8 Å². The molecule has 5 nitrogen and oxygen atoms in total. The third-order valence-electron chi connectivity index (χ3n) is 4.88. The maximum atomic E-state index is 12.4. The molecule has 27 heavy (non-hydrogen) atoms. The maximum absolute atomic E-state index is 12.4. The Morgan fingerprint density at radius 1 is 1.00 bits per heavy atom. The summed E-state index contributed by atoms with van der Waals surface area (Å²) in [6.45, 7) is 5.76. The maximum Gasteiger partial charge on any atom is 0.222 e. The number of hydrogen-bond donors (Lipinski definition) is 0. The second kappa shape index (κ2) is 9.31. The van der Waals surface area contributed by atoms with E-state index in [1.54, 1.807) is 7.11 Å². The van der Waals surface area contributed by atoms with Crippen molar-refractivity contribution in [3.63, 3.8) is 0 Å². The SMILES string of the molecule is COc1ccccc1N1CCN(C(=O)CCCOc2ccc(C)cc2)CC1. The molecule has 2 aromatic carbocycles. The van der Waals surface area contributed by atoms with Crippen LogP contribution in [0.2, 0.25) is 0 Å². The molecule has 144 valence electrons. The Morgan fingerprint density at radius 2 is 1.70 bits per heavy atom. The molecule has 0 atom stereocenters. The fourth-order valence-electron chi connectivity index (χ4n) is 3.29. The Balaban J connectivity index is 1.40. The second-order valence-electron chi connectivity index (χ2n) is 6.80. The van der Waals surface area contributed by atoms with Gasteiger partial charge in [-0.2, -0.15) is 0 Å². The van der Waals surface area contributed by atoms with Crippen molar-refractivity contribution in [3.05, 3.63) is 54.1 Å². The van der Waals surface area contributed by atoms with Gasteiger partial charge in [0.1, 0.15) is 11.5 Å². The fourth-order valence-corrected chi connectivity index (χ4v) is 3.29. The monoisotopic (exact) mass is 368 g/mol. The number of rotatable bonds is 7. The molecule has 0 saturated carbocycles. The number of benzene rings is 2. The molecule has 1 saturated heterocycles. The zero-order valence-electron chi connectivity index (χ0n) is 16.2. The van der Waals surface area contributed by atoms with E-state index >= 15 is 0 Å². The highest BCUT2D eigenvalue weighted by molar-refractivity contribution is 5.76. The Bertz CT molecular complexity index is 737. The molecule has 0 bridgehead atoms. The van der Waals surface area contributed by atoms with Crippen LogP contribution >= 0.6 is 0 Å². The Labute approximate surface area is 161 Å². The van der Waals surface area contributed by atoms with Crippen molar-refractivity contribution in [1.82, 2.24) is 4.90 Å². The second-order valence-corrected chi connectivity index (χ2v) is 6.80. The summed E-state index contributed by atoms with van der Waals surface area (Å²) in [6, 6.07) is 16.0. The van der Waals surface area contributed by atoms with Gasteiger partial charge in [0.2, 0.25) is 5.91 Å². The van der Waals surface area contributed by atoms with E-state index < -0.39 is 0 Å². The molecule has 1 amide bonds. The van der Waals surface area contributed by atoms with Crippen LogP contribution in [0.25, 0.3) is 0 Å². The summed E-state index contributed by atoms with van der Waals surface area (Å²) in [5.41, 5.74) is 2.31. The molecule has 0 aromatic heterocycles. The number of ether oxygens (including phenoxy) is 2. The van der Waals surface area contributed by atoms with Crippen molar-refractivity contribution < 1.29 is 14.3 Å². The lowest BCUT2D eigenvalue weighted by Crippen LogP contribution is -2.48. The van der Waals surface area contributed by atoms with Gasteiger partial charge in [-0.1, -0.05) is 29.8 Å². The van der Waals surface area contributed by atoms with Gasteiger partial charge in [0.05, 0.1) is 19.4 Å². The molecule has 0 unspecified atom stereocenters. The minimum absolute atomic E-state index is 0.210. The van der Waals surface area contributed by atoms with Crippen LogP contribution in [0, 0.1) is 6.92 Å². The minimum atomic E-state index is 0.210. The van der Waals surface area contributed by atoms with Crippen molar-refractivity contribution >= 4 is 11.6 Å². The predicted octanol–water partition coefficient (Wildman–Crippen LogP) is 3.51. The largest absolute Gasteiger partial charge is 0.495 e. The molecule has 0 N–H and O–H groups in total. The van der Waals surface area contributed by atoms with Gasteiger partial charge in [-0.05, 0) is 37.6 Å². The number of para-hydroxylation sites is 2. The van der Waals surface area contributed by atoms with Crippen LogP contribution in [0.4, 0.5) is 5.69 Å². The predicted molar refractivity (Wildman–Crippen MR) is 108 cm³/mol. The molecule has 3 rings (SSSR count). The van der Waals surface area contributed by atoms with Crippen LogP contribution in [0.1, 0.15) is 18.4 Å². The van der Waals surface area contributed by atoms with E-state index in [0.717, 1.165) is 49.8 Å². The molecule has 0 spiro atoms. The Hall–Kier alpha value is -2.69. The van der Waals surface area contributed by atoms with E-state index in [2.05, 4.69) is 17.9 Å². The van der Waals surface area contributed by atoms with E-state index in [1.165, 1.54) is 5.56 Å². The van der Waals surface area contributed by atoms with Gasteiger partial charge >= 0.3 is 0 Å². The molecule has 1 aliphatic rings. The number of anilines is 1. The normalized spacial score (nSPS) is 14.1. The first-order valence-electron chi connectivity index (χ1n) is 9.52. The van der Waals surface area contributed by atoms with Crippen molar-refractivity contribution in [3.8, 4) is 11.5 Å². The van der Waals surface area contributed by atoms with E-state index in [0.29, 0.717) is 13.0 Å². The third kappa shape index (κ3) is 5.16. The number of piperazine rings is 1. The standard InChI is InChI=1S/C22H28N2O3/c1-18-9-11-19(12-10-18)27-17-5-8-22(25)24-15-13-23(14-16-24)20-6-3-4-7-21(20)26-2/h3-4,6-7,9-12H,5,8,13-17H2,1-2H3. The third-order valence-corrected chi connectivity index (χ3v) is 4.88. The minimum Gasteiger partial charge on any atom is -0.495 e. The highest BCUT2D eigenvalue weighted by Crippen LogP contribution is 2.28. The number of amides is 1. The lowest BCUT2D eigenvalue weighted by atomic mass is 10.2. The van der Waals surface area contributed by atoms with Gasteiger partial charge < -0.3 is 19.3 Å². The van der Waals surface area contributed by atoms with Gasteiger partial charge in [-0.15, -0.1) is 0 Å². The van der Waals surface area contributed by atoms with E-state index in [-0.39, 0.29) is 5.91 Å². The number of hydrogen-bond acceptors (Lipinski definition) is 4. The van der Waals surface area contributed by atoms with Crippen LogP contribution in [0.5, 0.6) is 11.5 Å². The molecule has 1 fully saturated rings. The lowest BCUT2D eigenvalue weighted by molar-refractivity contribution is -0.131. The van der Waals surface area contributed by atoms with Gasteiger partial charge in [0.25, 0.3) is 0 Å². The molecule has 1 heterocycles. The molecule has 1 aliphatic heterocycles. The van der Waals surface area contributed by atoms with Crippen LogP contribution in [-0.4, -0.2) is 50.7 Å². The summed E-state index contributed by atoms with van der Waals surface area (Å²) in [4.78, 5) is 16.7. The quantitative estimate of drug-likeness (QED) is 0.702. The topological polar surface area (TPSA) is 42.0 Å². The van der Waals surface area contributed by atoms with E-state index in [1.807, 2.05) is 47.4 Å². The van der Waals surface area contributed by atoms with Crippen molar-refractivity contribution in [1.29, 1.82) is 0 Å². The zero-order chi connectivity index (χ0) is 19.1. The van der Waals surface area contributed by atoms with Gasteiger partial charge in [-0.25, -0.2) is 0 Å². The summed E-state index contributed by atoms with van der Waals surface area (Å²) < 4.78 is 11.2.